The van der Waals surface area contributed by atoms with Crippen LogP contribution < -0.4 is 9.47 Å². The molecule has 0 saturated carbocycles. The molecule has 1 amide bonds. The molecule has 29 heavy (non-hydrogen) atoms. The van der Waals surface area contributed by atoms with Crippen LogP contribution in [0.2, 0.25) is 5.02 Å². The van der Waals surface area contributed by atoms with Crippen LogP contribution in [0.5, 0.6) is 11.5 Å². The summed E-state index contributed by atoms with van der Waals surface area (Å²) in [5, 5.41) is 1.59. The zero-order valence-electron chi connectivity index (χ0n) is 16.2. The number of halogens is 1. The summed E-state index contributed by atoms with van der Waals surface area (Å²) in [4.78, 5) is 17.4. The Morgan fingerprint density at radius 1 is 1.03 bits per heavy atom. The first-order valence-corrected chi connectivity index (χ1v) is 10.1. The molecule has 3 heterocycles. The highest BCUT2D eigenvalue weighted by molar-refractivity contribution is 6.35. The molecular weight excluding hydrogens is 390 g/mol. The second-order valence-corrected chi connectivity index (χ2v) is 7.92. The van der Waals surface area contributed by atoms with Crippen LogP contribution in [0.3, 0.4) is 0 Å². The fraction of sp³-hybridized carbons (Fsp3) is 0.318. The van der Waals surface area contributed by atoms with Gasteiger partial charge in [0.1, 0.15) is 5.69 Å². The van der Waals surface area contributed by atoms with Crippen molar-refractivity contribution >= 4 is 28.4 Å². The summed E-state index contributed by atoms with van der Waals surface area (Å²) in [6, 6.07) is 13.7. The van der Waals surface area contributed by atoms with Gasteiger partial charge < -0.3 is 18.9 Å². The molecule has 3 aromatic rings. The maximum absolute atomic E-state index is 13.1. The van der Waals surface area contributed by atoms with Gasteiger partial charge in [-0.05, 0) is 35.9 Å². The Kier molecular flexibility index (Phi) is 4.60. The lowest BCUT2D eigenvalue weighted by Crippen LogP contribution is -2.48. The van der Waals surface area contributed by atoms with Gasteiger partial charge in [-0.15, -0.1) is 0 Å². The number of hydrogen-bond donors (Lipinski definition) is 0. The molecule has 0 radical (unpaired) electrons. The summed E-state index contributed by atoms with van der Waals surface area (Å²) in [5.74, 6) is 1.67. The van der Waals surface area contributed by atoms with Crippen molar-refractivity contribution in [3.05, 3.63) is 58.7 Å². The monoisotopic (exact) mass is 411 g/mol. The van der Waals surface area contributed by atoms with Crippen LogP contribution in [0, 0.1) is 0 Å². The molecule has 1 fully saturated rings. The van der Waals surface area contributed by atoms with Gasteiger partial charge >= 0.3 is 0 Å². The van der Waals surface area contributed by atoms with E-state index in [0.29, 0.717) is 30.6 Å². The highest BCUT2D eigenvalue weighted by Gasteiger charge is 2.25. The van der Waals surface area contributed by atoms with Gasteiger partial charge in [0.25, 0.3) is 5.91 Å². The molecule has 0 aliphatic carbocycles. The Hall–Kier alpha value is -2.70. The first-order chi connectivity index (χ1) is 14.1. The standard InChI is InChI=1S/C22H22ClN3O3/c1-24-18-4-2-3-17(23)16(18)12-19(24)22(27)26-9-7-25(8-10-26)13-15-5-6-20-21(11-15)29-14-28-20/h2-6,11-12H,7-10,13-14H2,1H3. The second-order valence-electron chi connectivity index (χ2n) is 7.52. The molecule has 7 heteroatoms. The van der Waals surface area contributed by atoms with E-state index in [1.807, 2.05) is 52.9 Å². The molecule has 0 N–H and O–H groups in total. The van der Waals surface area contributed by atoms with Crippen LogP contribution in [-0.4, -0.2) is 53.2 Å². The maximum atomic E-state index is 13.1. The number of carbonyl (C=O) groups is 1. The van der Waals surface area contributed by atoms with Gasteiger partial charge in [0.15, 0.2) is 11.5 Å². The number of hydrogen-bond acceptors (Lipinski definition) is 4. The fourth-order valence-corrected chi connectivity index (χ4v) is 4.32. The third-order valence-electron chi connectivity index (χ3n) is 5.76. The van der Waals surface area contributed by atoms with Gasteiger partial charge in [-0.1, -0.05) is 23.7 Å². The average Bonchev–Trinajstić information content (AvgIpc) is 3.33. The van der Waals surface area contributed by atoms with Crippen LogP contribution in [0.1, 0.15) is 16.1 Å². The molecule has 2 aromatic carbocycles. The van der Waals surface area contributed by atoms with Crippen molar-refractivity contribution in [1.82, 2.24) is 14.4 Å². The lowest BCUT2D eigenvalue weighted by Gasteiger charge is -2.34. The highest BCUT2D eigenvalue weighted by atomic mass is 35.5. The average molecular weight is 412 g/mol. The molecule has 2 aliphatic rings. The Morgan fingerprint density at radius 2 is 1.83 bits per heavy atom. The van der Waals surface area contributed by atoms with E-state index < -0.39 is 0 Å². The summed E-state index contributed by atoms with van der Waals surface area (Å²) >= 11 is 6.30. The Bertz CT molecular complexity index is 1090. The minimum absolute atomic E-state index is 0.0579. The second kappa shape index (κ2) is 7.28. The van der Waals surface area contributed by atoms with E-state index in [1.165, 1.54) is 5.56 Å². The first kappa shape index (κ1) is 18.3. The number of fused-ring (bicyclic) bond motifs is 2. The van der Waals surface area contributed by atoms with Gasteiger partial charge in [0.2, 0.25) is 6.79 Å². The van der Waals surface area contributed by atoms with Crippen molar-refractivity contribution in [2.75, 3.05) is 33.0 Å². The van der Waals surface area contributed by atoms with Gasteiger partial charge in [-0.3, -0.25) is 9.69 Å². The molecule has 2 aliphatic heterocycles. The molecule has 0 spiro atoms. The predicted molar refractivity (Wildman–Crippen MR) is 112 cm³/mol. The molecule has 1 aromatic heterocycles. The number of piperazine rings is 1. The van der Waals surface area contributed by atoms with Crippen molar-refractivity contribution in [3.8, 4) is 11.5 Å². The van der Waals surface area contributed by atoms with Crippen molar-refractivity contribution in [3.63, 3.8) is 0 Å². The smallest absolute Gasteiger partial charge is 0.270 e. The highest BCUT2D eigenvalue weighted by Crippen LogP contribution is 2.33. The molecule has 1 saturated heterocycles. The zero-order chi connectivity index (χ0) is 20.0. The fourth-order valence-electron chi connectivity index (χ4n) is 4.10. The molecule has 0 unspecified atom stereocenters. The minimum atomic E-state index is 0.0579. The third kappa shape index (κ3) is 3.32. The summed E-state index contributed by atoms with van der Waals surface area (Å²) in [6.45, 7) is 4.22. The summed E-state index contributed by atoms with van der Waals surface area (Å²) < 4.78 is 12.8. The minimum Gasteiger partial charge on any atom is -0.454 e. The first-order valence-electron chi connectivity index (χ1n) is 9.74. The molecular formula is C22H22ClN3O3. The van der Waals surface area contributed by atoms with Crippen LogP contribution in [0.4, 0.5) is 0 Å². The van der Waals surface area contributed by atoms with E-state index in [9.17, 15) is 4.79 Å². The molecule has 5 rings (SSSR count). The summed E-state index contributed by atoms with van der Waals surface area (Å²) in [5.41, 5.74) is 2.84. The van der Waals surface area contributed by atoms with Gasteiger partial charge in [-0.2, -0.15) is 0 Å². The molecule has 0 bridgehead atoms. The summed E-state index contributed by atoms with van der Waals surface area (Å²) in [7, 11) is 1.92. The van der Waals surface area contributed by atoms with Crippen molar-refractivity contribution < 1.29 is 14.3 Å². The number of aryl methyl sites for hydroxylation is 1. The number of aromatic nitrogens is 1. The quantitative estimate of drug-likeness (QED) is 0.661. The van der Waals surface area contributed by atoms with E-state index in [-0.39, 0.29) is 5.91 Å². The van der Waals surface area contributed by atoms with Crippen LogP contribution >= 0.6 is 11.6 Å². The largest absolute Gasteiger partial charge is 0.454 e. The van der Waals surface area contributed by atoms with Gasteiger partial charge in [-0.25, -0.2) is 0 Å². The predicted octanol–water partition coefficient (Wildman–Crippen LogP) is 3.52. The van der Waals surface area contributed by atoms with Crippen molar-refractivity contribution in [2.24, 2.45) is 7.05 Å². The number of carbonyl (C=O) groups excluding carboxylic acids is 1. The molecule has 0 atom stereocenters. The van der Waals surface area contributed by atoms with E-state index >= 15 is 0 Å². The Balaban J connectivity index is 1.25. The summed E-state index contributed by atoms with van der Waals surface area (Å²) in [6.07, 6.45) is 0. The van der Waals surface area contributed by atoms with Crippen LogP contribution in [0.15, 0.2) is 42.5 Å². The SMILES string of the molecule is Cn1c(C(=O)N2CCN(Cc3ccc4c(c3)OCO4)CC2)cc2c(Cl)cccc21. The van der Waals surface area contributed by atoms with E-state index in [1.54, 1.807) is 0 Å². The zero-order valence-corrected chi connectivity index (χ0v) is 17.0. The van der Waals surface area contributed by atoms with Crippen LogP contribution in [0.25, 0.3) is 10.9 Å². The van der Waals surface area contributed by atoms with Crippen molar-refractivity contribution in [1.29, 1.82) is 0 Å². The number of benzene rings is 2. The molecule has 150 valence electrons. The normalized spacial score (nSPS) is 16.6. The van der Waals surface area contributed by atoms with E-state index in [4.69, 9.17) is 21.1 Å². The van der Waals surface area contributed by atoms with Gasteiger partial charge in [0.05, 0.1) is 0 Å². The number of ether oxygens (including phenoxy) is 2. The lowest BCUT2D eigenvalue weighted by molar-refractivity contribution is 0.0619. The molecule has 6 nitrogen and oxygen atoms in total. The van der Waals surface area contributed by atoms with Crippen LogP contribution in [-0.2, 0) is 13.6 Å². The van der Waals surface area contributed by atoms with E-state index in [0.717, 1.165) is 42.0 Å². The van der Waals surface area contributed by atoms with E-state index in [2.05, 4.69) is 11.0 Å². The number of amides is 1. The maximum Gasteiger partial charge on any atom is 0.270 e. The van der Waals surface area contributed by atoms with Crippen molar-refractivity contribution in [2.45, 2.75) is 6.54 Å². The lowest BCUT2D eigenvalue weighted by atomic mass is 10.1. The van der Waals surface area contributed by atoms with Gasteiger partial charge in [0, 0.05) is 55.7 Å². The third-order valence-corrected chi connectivity index (χ3v) is 6.09. The number of rotatable bonds is 3. The Labute approximate surface area is 174 Å². The number of nitrogens with zero attached hydrogens (tertiary/aromatic N) is 3. The topological polar surface area (TPSA) is 46.9 Å². The Morgan fingerprint density at radius 3 is 2.62 bits per heavy atom.